The maximum absolute atomic E-state index is 5.65. The quantitative estimate of drug-likeness (QED) is 0.769. The normalized spacial score (nSPS) is 13.1. The van der Waals surface area contributed by atoms with Gasteiger partial charge in [0.1, 0.15) is 5.15 Å². The molecule has 0 fully saturated rings. The summed E-state index contributed by atoms with van der Waals surface area (Å²) in [5, 5.41) is 0.423. The number of hydrogen-bond acceptors (Lipinski definition) is 4. The lowest BCUT2D eigenvalue weighted by Gasteiger charge is -2.23. The van der Waals surface area contributed by atoms with Crippen molar-refractivity contribution in [2.45, 2.75) is 19.5 Å². The fourth-order valence-corrected chi connectivity index (χ4v) is 1.30. The topological polar surface area (TPSA) is 38.2 Å². The summed E-state index contributed by atoms with van der Waals surface area (Å²) >= 11 is 5.65. The minimum Gasteiger partial charge on any atom is -0.383 e. The van der Waals surface area contributed by atoms with E-state index in [-0.39, 0.29) is 0 Å². The first kappa shape index (κ1) is 12.4. The summed E-state index contributed by atoms with van der Waals surface area (Å²) in [5.41, 5.74) is 0.907. The van der Waals surface area contributed by atoms with Crippen molar-refractivity contribution >= 4 is 11.6 Å². The molecule has 4 nitrogen and oxygen atoms in total. The number of hydrogen-bond donors (Lipinski definition) is 0. The van der Waals surface area contributed by atoms with E-state index >= 15 is 0 Å². The largest absolute Gasteiger partial charge is 0.383 e. The molecular weight excluding hydrogens is 214 g/mol. The molecule has 84 valence electrons. The minimum absolute atomic E-state index is 0.354. The van der Waals surface area contributed by atoms with E-state index in [0.717, 1.165) is 12.2 Å². The lowest BCUT2D eigenvalue weighted by molar-refractivity contribution is 0.111. The maximum atomic E-state index is 5.65. The van der Waals surface area contributed by atoms with Gasteiger partial charge in [0, 0.05) is 19.7 Å². The van der Waals surface area contributed by atoms with Gasteiger partial charge in [0.05, 0.1) is 24.7 Å². The van der Waals surface area contributed by atoms with Crippen LogP contribution in [0.2, 0.25) is 5.15 Å². The molecule has 0 aliphatic heterocycles. The van der Waals surface area contributed by atoms with Gasteiger partial charge in [0.15, 0.2) is 0 Å². The fourth-order valence-electron chi connectivity index (χ4n) is 1.20. The van der Waals surface area contributed by atoms with Crippen LogP contribution in [0.25, 0.3) is 0 Å². The first-order valence-electron chi connectivity index (χ1n) is 4.79. The van der Waals surface area contributed by atoms with Crippen molar-refractivity contribution in [3.63, 3.8) is 0 Å². The van der Waals surface area contributed by atoms with Crippen LogP contribution in [0.15, 0.2) is 12.4 Å². The smallest absolute Gasteiger partial charge is 0.147 e. The van der Waals surface area contributed by atoms with Gasteiger partial charge in [-0.25, -0.2) is 4.98 Å². The first-order valence-corrected chi connectivity index (χ1v) is 5.17. The molecule has 0 amide bonds. The van der Waals surface area contributed by atoms with Gasteiger partial charge in [0.25, 0.3) is 0 Å². The van der Waals surface area contributed by atoms with E-state index in [2.05, 4.69) is 21.8 Å². The molecule has 1 unspecified atom stereocenters. The number of ether oxygens (including phenoxy) is 1. The molecule has 1 heterocycles. The monoisotopic (exact) mass is 229 g/mol. The Balaban J connectivity index is 2.50. The molecule has 0 N–H and O–H groups in total. The van der Waals surface area contributed by atoms with Crippen molar-refractivity contribution in [2.24, 2.45) is 0 Å². The molecule has 1 rings (SSSR count). The van der Waals surface area contributed by atoms with Gasteiger partial charge in [-0.3, -0.25) is 9.88 Å². The summed E-state index contributed by atoms with van der Waals surface area (Å²) < 4.78 is 5.08. The number of halogens is 1. The first-order chi connectivity index (χ1) is 7.13. The van der Waals surface area contributed by atoms with Gasteiger partial charge < -0.3 is 4.74 Å². The zero-order valence-corrected chi connectivity index (χ0v) is 10.0. The molecule has 0 aliphatic carbocycles. The second-order valence-corrected chi connectivity index (χ2v) is 3.94. The van der Waals surface area contributed by atoms with E-state index in [1.165, 1.54) is 0 Å². The van der Waals surface area contributed by atoms with Crippen LogP contribution in [0.3, 0.4) is 0 Å². The molecule has 0 saturated heterocycles. The third-order valence-electron chi connectivity index (χ3n) is 2.25. The van der Waals surface area contributed by atoms with Crippen molar-refractivity contribution in [1.29, 1.82) is 0 Å². The number of aromatic nitrogens is 2. The Morgan fingerprint density at radius 3 is 2.73 bits per heavy atom. The molecule has 1 atom stereocenters. The Morgan fingerprint density at radius 2 is 2.20 bits per heavy atom. The lowest BCUT2D eigenvalue weighted by atomic mass is 10.3. The Morgan fingerprint density at radius 1 is 1.47 bits per heavy atom. The molecule has 0 saturated carbocycles. The Hall–Kier alpha value is -0.710. The van der Waals surface area contributed by atoms with Crippen molar-refractivity contribution < 1.29 is 4.74 Å². The van der Waals surface area contributed by atoms with Crippen molar-refractivity contribution in [3.8, 4) is 0 Å². The lowest BCUT2D eigenvalue weighted by Crippen LogP contribution is -2.32. The van der Waals surface area contributed by atoms with Crippen LogP contribution in [-0.4, -0.2) is 41.7 Å². The summed E-state index contributed by atoms with van der Waals surface area (Å²) in [6, 6.07) is 0.354. The summed E-state index contributed by atoms with van der Waals surface area (Å²) in [6.45, 7) is 3.55. The van der Waals surface area contributed by atoms with Crippen LogP contribution in [0, 0.1) is 0 Å². The number of nitrogens with zero attached hydrogens (tertiary/aromatic N) is 3. The zero-order chi connectivity index (χ0) is 11.3. The second-order valence-electron chi connectivity index (χ2n) is 3.55. The molecule has 0 aliphatic rings. The molecule has 15 heavy (non-hydrogen) atoms. The van der Waals surface area contributed by atoms with Crippen LogP contribution < -0.4 is 0 Å². The molecule has 0 radical (unpaired) electrons. The molecule has 1 aromatic rings. The van der Waals surface area contributed by atoms with E-state index in [4.69, 9.17) is 16.3 Å². The van der Waals surface area contributed by atoms with Crippen LogP contribution in [-0.2, 0) is 11.3 Å². The van der Waals surface area contributed by atoms with Crippen molar-refractivity contribution in [3.05, 3.63) is 23.2 Å². The predicted octanol–water partition coefficient (Wildman–Crippen LogP) is 1.60. The number of methoxy groups -OCH3 is 1. The average molecular weight is 230 g/mol. The van der Waals surface area contributed by atoms with Crippen molar-refractivity contribution in [2.75, 3.05) is 20.8 Å². The highest BCUT2D eigenvalue weighted by Crippen LogP contribution is 2.05. The standard InChI is InChI=1S/C10H16ClN3O/c1-8(7-15-3)14(2)6-9-4-13-10(11)5-12-9/h4-5,8H,6-7H2,1-3H3. The minimum atomic E-state index is 0.354. The van der Waals surface area contributed by atoms with Crippen LogP contribution >= 0.6 is 11.6 Å². The highest BCUT2D eigenvalue weighted by molar-refractivity contribution is 6.29. The fraction of sp³-hybridized carbons (Fsp3) is 0.600. The summed E-state index contributed by atoms with van der Waals surface area (Å²) in [4.78, 5) is 10.3. The Labute approximate surface area is 95.2 Å². The van der Waals surface area contributed by atoms with Crippen LogP contribution in [0.5, 0.6) is 0 Å². The SMILES string of the molecule is COCC(C)N(C)Cc1cnc(Cl)cn1. The van der Waals surface area contributed by atoms with E-state index in [9.17, 15) is 0 Å². The molecule has 0 aromatic carbocycles. The van der Waals surface area contributed by atoms with E-state index < -0.39 is 0 Å². The average Bonchev–Trinajstić information content (AvgIpc) is 2.22. The molecular formula is C10H16ClN3O. The second kappa shape index (κ2) is 6.00. The maximum Gasteiger partial charge on any atom is 0.147 e. The van der Waals surface area contributed by atoms with Gasteiger partial charge in [-0.05, 0) is 14.0 Å². The zero-order valence-electron chi connectivity index (χ0n) is 9.27. The van der Waals surface area contributed by atoms with Gasteiger partial charge >= 0.3 is 0 Å². The van der Waals surface area contributed by atoms with Crippen LogP contribution in [0.1, 0.15) is 12.6 Å². The molecule has 0 bridgehead atoms. The highest BCUT2D eigenvalue weighted by atomic mass is 35.5. The number of rotatable bonds is 5. The molecule has 5 heteroatoms. The van der Waals surface area contributed by atoms with E-state index in [0.29, 0.717) is 17.8 Å². The van der Waals surface area contributed by atoms with E-state index in [1.807, 2.05) is 7.05 Å². The van der Waals surface area contributed by atoms with Gasteiger partial charge in [-0.15, -0.1) is 0 Å². The Kier molecular flexibility index (Phi) is 4.94. The number of likely N-dealkylation sites (N-methyl/N-ethyl adjacent to an activating group) is 1. The third-order valence-corrected chi connectivity index (χ3v) is 2.44. The summed E-state index contributed by atoms with van der Waals surface area (Å²) in [7, 11) is 3.73. The van der Waals surface area contributed by atoms with Crippen molar-refractivity contribution in [1.82, 2.24) is 14.9 Å². The van der Waals surface area contributed by atoms with Gasteiger partial charge in [-0.1, -0.05) is 11.6 Å². The summed E-state index contributed by atoms with van der Waals surface area (Å²) in [5.74, 6) is 0. The summed E-state index contributed by atoms with van der Waals surface area (Å²) in [6.07, 6.45) is 3.25. The molecule has 0 spiro atoms. The van der Waals surface area contributed by atoms with Gasteiger partial charge in [-0.2, -0.15) is 0 Å². The molecule has 1 aromatic heterocycles. The van der Waals surface area contributed by atoms with Gasteiger partial charge in [0.2, 0.25) is 0 Å². The Bertz CT molecular complexity index is 291. The van der Waals surface area contributed by atoms with E-state index in [1.54, 1.807) is 19.5 Å². The predicted molar refractivity (Wildman–Crippen MR) is 59.8 cm³/mol. The van der Waals surface area contributed by atoms with Crippen LogP contribution in [0.4, 0.5) is 0 Å². The third kappa shape index (κ3) is 4.11. The highest BCUT2D eigenvalue weighted by Gasteiger charge is 2.09.